The number of ether oxygens (including phenoxy) is 3. The highest BCUT2D eigenvalue weighted by Gasteiger charge is 2.72. The quantitative estimate of drug-likeness (QED) is 0.500. The van der Waals surface area contributed by atoms with Gasteiger partial charge in [0.2, 0.25) is 0 Å². The van der Waals surface area contributed by atoms with Crippen molar-refractivity contribution in [1.82, 2.24) is 10.6 Å². The number of amides is 1. The Hall–Kier alpha value is -2.37. The Balaban J connectivity index is 3.06. The fraction of sp³-hybridized carbons (Fsp3) is 0.562. The van der Waals surface area contributed by atoms with Gasteiger partial charge < -0.3 is 14.2 Å². The number of alkyl carbamates (subject to hydrolysis) is 1. The summed E-state index contributed by atoms with van der Waals surface area (Å²) in [6.07, 6.45) is -13.8. The molecular formula is C16H20F6N2O4. The molecule has 0 heterocycles. The number of alkyl halides is 6. The summed E-state index contributed by atoms with van der Waals surface area (Å²) in [6.45, 7) is 0.0805. The zero-order valence-corrected chi connectivity index (χ0v) is 15.3. The van der Waals surface area contributed by atoms with Gasteiger partial charge in [-0.25, -0.2) is 4.79 Å². The molecule has 0 saturated heterocycles. The van der Waals surface area contributed by atoms with Gasteiger partial charge >= 0.3 is 18.4 Å². The minimum atomic E-state index is -5.88. The second-order valence-electron chi connectivity index (χ2n) is 5.46. The van der Waals surface area contributed by atoms with Gasteiger partial charge in [-0.2, -0.15) is 26.3 Å². The maximum Gasteiger partial charge on any atom is 0.434 e. The first-order chi connectivity index (χ1) is 12.9. The number of nitrogens with one attached hydrogen (secondary N) is 2. The van der Waals surface area contributed by atoms with Crippen molar-refractivity contribution in [2.24, 2.45) is 0 Å². The Bertz CT molecular complexity index is 650. The van der Waals surface area contributed by atoms with E-state index in [1.54, 1.807) is 0 Å². The Morgan fingerprint density at radius 1 is 1.00 bits per heavy atom. The second-order valence-corrected chi connectivity index (χ2v) is 5.46. The molecule has 0 atom stereocenters. The van der Waals surface area contributed by atoms with Gasteiger partial charge in [0.05, 0.1) is 20.8 Å². The van der Waals surface area contributed by atoms with E-state index in [1.165, 1.54) is 44.7 Å². The molecule has 0 fully saturated rings. The number of methoxy groups -OCH3 is 2. The van der Waals surface area contributed by atoms with Crippen LogP contribution >= 0.6 is 0 Å². The van der Waals surface area contributed by atoms with Crippen LogP contribution in [0, 0.1) is 0 Å². The summed E-state index contributed by atoms with van der Waals surface area (Å²) in [6, 6.07) is 4.35. The van der Waals surface area contributed by atoms with E-state index in [9.17, 15) is 31.1 Å². The molecule has 0 spiro atoms. The molecule has 12 heteroatoms. The first kappa shape index (κ1) is 23.7. The SMILES string of the molecule is CCOC(=O)NC(NCCc1ccc(OC)c(OC)c1)(C(F)(F)F)C(F)(F)F. The maximum absolute atomic E-state index is 13.3. The highest BCUT2D eigenvalue weighted by molar-refractivity contribution is 5.68. The molecule has 0 aliphatic rings. The van der Waals surface area contributed by atoms with Gasteiger partial charge in [-0.15, -0.1) is 0 Å². The number of benzene rings is 1. The minimum Gasteiger partial charge on any atom is -0.493 e. The molecule has 2 N–H and O–H groups in total. The van der Waals surface area contributed by atoms with Crippen molar-refractivity contribution in [3.8, 4) is 11.5 Å². The van der Waals surface area contributed by atoms with Gasteiger partial charge in [-0.1, -0.05) is 6.07 Å². The molecule has 0 aromatic heterocycles. The summed E-state index contributed by atoms with van der Waals surface area (Å²) >= 11 is 0. The van der Waals surface area contributed by atoms with Crippen LogP contribution in [0.5, 0.6) is 11.5 Å². The lowest BCUT2D eigenvalue weighted by Gasteiger charge is -2.38. The summed E-state index contributed by atoms with van der Waals surface area (Å²) in [5.41, 5.74) is -4.28. The molecule has 0 aliphatic heterocycles. The zero-order valence-electron chi connectivity index (χ0n) is 15.3. The molecule has 0 radical (unpaired) electrons. The third-order valence-electron chi connectivity index (χ3n) is 3.67. The summed E-state index contributed by atoms with van der Waals surface area (Å²) < 4.78 is 94.2. The van der Waals surface area contributed by atoms with Gasteiger partial charge in [0.1, 0.15) is 0 Å². The number of carbonyl (C=O) groups is 1. The van der Waals surface area contributed by atoms with E-state index in [4.69, 9.17) is 9.47 Å². The van der Waals surface area contributed by atoms with Gasteiger partial charge in [0.15, 0.2) is 11.5 Å². The molecule has 6 nitrogen and oxygen atoms in total. The van der Waals surface area contributed by atoms with E-state index in [0.717, 1.165) is 5.32 Å². The van der Waals surface area contributed by atoms with Crippen LogP contribution in [0.1, 0.15) is 12.5 Å². The van der Waals surface area contributed by atoms with Crippen molar-refractivity contribution in [2.45, 2.75) is 31.4 Å². The summed E-state index contributed by atoms with van der Waals surface area (Å²) in [7, 11) is 2.71. The number of hydrogen-bond donors (Lipinski definition) is 2. The normalized spacial score (nSPS) is 12.5. The van der Waals surface area contributed by atoms with E-state index < -0.39 is 37.3 Å². The van der Waals surface area contributed by atoms with E-state index in [2.05, 4.69) is 4.74 Å². The van der Waals surface area contributed by atoms with Crippen molar-refractivity contribution in [3.05, 3.63) is 23.8 Å². The lowest BCUT2D eigenvalue weighted by atomic mass is 10.1. The fourth-order valence-corrected chi connectivity index (χ4v) is 2.30. The smallest absolute Gasteiger partial charge is 0.434 e. The Kier molecular flexibility index (Phi) is 7.79. The van der Waals surface area contributed by atoms with E-state index >= 15 is 0 Å². The third-order valence-corrected chi connectivity index (χ3v) is 3.67. The minimum absolute atomic E-state index is 0.223. The van der Waals surface area contributed by atoms with Crippen molar-refractivity contribution in [1.29, 1.82) is 0 Å². The Morgan fingerprint density at radius 2 is 1.57 bits per heavy atom. The highest BCUT2D eigenvalue weighted by atomic mass is 19.4. The number of rotatable bonds is 8. The monoisotopic (exact) mass is 418 g/mol. The van der Waals surface area contributed by atoms with Crippen LogP contribution < -0.4 is 20.1 Å². The fourth-order valence-electron chi connectivity index (χ4n) is 2.30. The van der Waals surface area contributed by atoms with Crippen molar-refractivity contribution < 1.29 is 45.3 Å². The molecule has 160 valence electrons. The van der Waals surface area contributed by atoms with Crippen LogP contribution in [0.25, 0.3) is 0 Å². The van der Waals surface area contributed by atoms with Gasteiger partial charge in [0.25, 0.3) is 5.66 Å². The largest absolute Gasteiger partial charge is 0.493 e. The van der Waals surface area contributed by atoms with Crippen LogP contribution in [0.2, 0.25) is 0 Å². The number of halogens is 6. The van der Waals surface area contributed by atoms with Crippen LogP contribution in [0.4, 0.5) is 31.1 Å². The molecule has 0 bridgehead atoms. The first-order valence-electron chi connectivity index (χ1n) is 7.96. The Labute approximate surface area is 157 Å². The summed E-state index contributed by atoms with van der Waals surface area (Å²) in [4.78, 5) is 11.3. The predicted octanol–water partition coefficient (Wildman–Crippen LogP) is 3.40. The molecule has 0 aliphatic carbocycles. The van der Waals surface area contributed by atoms with Gasteiger partial charge in [-0.05, 0) is 31.0 Å². The molecule has 28 heavy (non-hydrogen) atoms. The summed E-state index contributed by atoms with van der Waals surface area (Å²) in [5, 5.41) is 2.25. The van der Waals surface area contributed by atoms with E-state index in [1.807, 2.05) is 0 Å². The number of hydrogen-bond acceptors (Lipinski definition) is 5. The van der Waals surface area contributed by atoms with Crippen molar-refractivity contribution in [3.63, 3.8) is 0 Å². The molecule has 1 rings (SSSR count). The zero-order chi connectivity index (χ0) is 21.6. The molecule has 1 aromatic carbocycles. The van der Waals surface area contributed by atoms with Crippen molar-refractivity contribution in [2.75, 3.05) is 27.4 Å². The predicted molar refractivity (Wildman–Crippen MR) is 86.3 cm³/mol. The highest BCUT2D eigenvalue weighted by Crippen LogP contribution is 2.41. The average Bonchev–Trinajstić information content (AvgIpc) is 2.58. The van der Waals surface area contributed by atoms with Gasteiger partial charge in [-0.3, -0.25) is 10.6 Å². The van der Waals surface area contributed by atoms with Crippen molar-refractivity contribution >= 4 is 6.09 Å². The standard InChI is InChI=1S/C16H20F6N2O4/c1-4-28-13(25)24-14(15(17,18)19,16(20,21)22)23-8-7-10-5-6-11(26-2)12(9-10)27-3/h5-6,9,23H,4,7-8H2,1-3H3,(H,24,25). The first-order valence-corrected chi connectivity index (χ1v) is 7.96. The molecular weight excluding hydrogens is 398 g/mol. The van der Waals surface area contributed by atoms with E-state index in [0.29, 0.717) is 11.3 Å². The van der Waals surface area contributed by atoms with E-state index in [-0.39, 0.29) is 12.2 Å². The lowest BCUT2D eigenvalue weighted by Crippen LogP contribution is -2.75. The maximum atomic E-state index is 13.3. The van der Waals surface area contributed by atoms with Crippen LogP contribution in [-0.4, -0.2) is 51.5 Å². The lowest BCUT2D eigenvalue weighted by molar-refractivity contribution is -0.315. The van der Waals surface area contributed by atoms with Crippen LogP contribution in [0.3, 0.4) is 0 Å². The van der Waals surface area contributed by atoms with Crippen LogP contribution in [-0.2, 0) is 11.2 Å². The van der Waals surface area contributed by atoms with Gasteiger partial charge in [0, 0.05) is 6.54 Å². The second kappa shape index (κ2) is 9.22. The third kappa shape index (κ3) is 5.33. The summed E-state index contributed by atoms with van der Waals surface area (Å²) in [5.74, 6) is 0.616. The topological polar surface area (TPSA) is 68.8 Å². The molecule has 1 amide bonds. The molecule has 1 aromatic rings. The molecule has 0 saturated carbocycles. The molecule has 0 unspecified atom stereocenters. The van der Waals surface area contributed by atoms with Crippen LogP contribution in [0.15, 0.2) is 18.2 Å². The number of carbonyl (C=O) groups excluding carboxylic acids is 1. The average molecular weight is 418 g/mol. The Morgan fingerprint density at radius 3 is 2.04 bits per heavy atom.